The van der Waals surface area contributed by atoms with E-state index >= 15 is 0 Å². The van der Waals surface area contributed by atoms with Crippen molar-refractivity contribution in [3.8, 4) is 11.5 Å². The van der Waals surface area contributed by atoms with Crippen LogP contribution in [0.15, 0.2) is 66.2 Å². The number of amides is 1. The Kier molecular flexibility index (Phi) is 5.50. The highest BCUT2D eigenvalue weighted by molar-refractivity contribution is 6.51. The van der Waals surface area contributed by atoms with Crippen molar-refractivity contribution < 1.29 is 24.5 Å². The summed E-state index contributed by atoms with van der Waals surface area (Å²) in [4.78, 5) is 27.7. The Morgan fingerprint density at radius 2 is 1.76 bits per heavy atom. The number of anilines is 1. The molecular weight excluding hydrogens is 477 g/mol. The second-order valence-electron chi connectivity index (χ2n) is 8.31. The van der Waals surface area contributed by atoms with Gasteiger partial charge in [0.25, 0.3) is 11.7 Å². The zero-order valence-electron chi connectivity index (χ0n) is 18.0. The van der Waals surface area contributed by atoms with Gasteiger partial charge in [0.15, 0.2) is 0 Å². The fourth-order valence-electron chi connectivity index (χ4n) is 4.43. The molecule has 6 nitrogen and oxygen atoms in total. The molecule has 1 fully saturated rings. The summed E-state index contributed by atoms with van der Waals surface area (Å²) < 4.78 is 5.73. The number of ether oxygens (including phenoxy) is 1. The first-order chi connectivity index (χ1) is 16.2. The molecule has 2 aliphatic heterocycles. The highest BCUT2D eigenvalue weighted by Gasteiger charge is 2.47. The van der Waals surface area contributed by atoms with Crippen molar-refractivity contribution in [3.05, 3.63) is 93.0 Å². The van der Waals surface area contributed by atoms with Gasteiger partial charge in [-0.25, -0.2) is 0 Å². The number of aliphatic hydroxyl groups excluding tert-OH is 1. The van der Waals surface area contributed by atoms with Crippen molar-refractivity contribution in [1.82, 2.24) is 0 Å². The normalized spacial score (nSPS) is 21.0. The van der Waals surface area contributed by atoms with Crippen molar-refractivity contribution in [2.45, 2.75) is 25.5 Å². The minimum Gasteiger partial charge on any atom is -0.507 e. The number of hydrogen-bond donors (Lipinski definition) is 2. The van der Waals surface area contributed by atoms with Crippen molar-refractivity contribution in [1.29, 1.82) is 0 Å². The van der Waals surface area contributed by atoms with Crippen LogP contribution in [0.1, 0.15) is 29.7 Å². The molecule has 0 spiro atoms. The first-order valence-electron chi connectivity index (χ1n) is 10.6. The number of phenolic OH excluding ortho intramolecular Hbond substituents is 1. The van der Waals surface area contributed by atoms with Gasteiger partial charge in [-0.2, -0.15) is 0 Å². The van der Waals surface area contributed by atoms with E-state index < -0.39 is 17.7 Å². The van der Waals surface area contributed by atoms with E-state index in [4.69, 9.17) is 27.9 Å². The van der Waals surface area contributed by atoms with E-state index in [1.807, 2.05) is 6.92 Å². The number of benzene rings is 3. The first kappa shape index (κ1) is 22.3. The molecule has 1 amide bonds. The summed E-state index contributed by atoms with van der Waals surface area (Å²) in [5, 5.41) is 21.7. The summed E-state index contributed by atoms with van der Waals surface area (Å²) in [6, 6.07) is 15.1. The van der Waals surface area contributed by atoms with Crippen LogP contribution in [0.3, 0.4) is 0 Å². The molecule has 1 saturated heterocycles. The molecule has 2 N–H and O–H groups in total. The number of ketones is 1. The Bertz CT molecular complexity index is 1370. The van der Waals surface area contributed by atoms with E-state index in [1.54, 1.807) is 48.5 Å². The zero-order valence-corrected chi connectivity index (χ0v) is 19.5. The summed E-state index contributed by atoms with van der Waals surface area (Å²) in [7, 11) is 0. The predicted molar refractivity (Wildman–Crippen MR) is 130 cm³/mol. The van der Waals surface area contributed by atoms with Crippen LogP contribution in [0.2, 0.25) is 10.0 Å². The molecule has 172 valence electrons. The molecule has 2 heterocycles. The van der Waals surface area contributed by atoms with E-state index in [0.717, 1.165) is 11.3 Å². The molecule has 2 aliphatic rings. The molecule has 2 unspecified atom stereocenters. The van der Waals surface area contributed by atoms with Crippen molar-refractivity contribution in [3.63, 3.8) is 0 Å². The smallest absolute Gasteiger partial charge is 0.300 e. The minimum atomic E-state index is -0.970. The molecule has 0 bridgehead atoms. The van der Waals surface area contributed by atoms with Gasteiger partial charge in [-0.05, 0) is 72.6 Å². The van der Waals surface area contributed by atoms with E-state index in [-0.39, 0.29) is 28.2 Å². The Balaban J connectivity index is 1.70. The van der Waals surface area contributed by atoms with Crippen LogP contribution in [0.25, 0.3) is 5.76 Å². The van der Waals surface area contributed by atoms with E-state index in [9.17, 15) is 19.8 Å². The van der Waals surface area contributed by atoms with Gasteiger partial charge in [-0.1, -0.05) is 29.3 Å². The number of aromatic hydroxyl groups is 1. The lowest BCUT2D eigenvalue weighted by Crippen LogP contribution is -2.29. The van der Waals surface area contributed by atoms with E-state index in [0.29, 0.717) is 28.3 Å². The molecule has 3 aromatic carbocycles. The van der Waals surface area contributed by atoms with Crippen LogP contribution in [-0.2, 0) is 16.0 Å². The maximum atomic E-state index is 13.2. The molecular formula is C26H19Cl2NO5. The lowest BCUT2D eigenvalue weighted by Gasteiger charge is -2.25. The summed E-state index contributed by atoms with van der Waals surface area (Å²) in [5.41, 5.74) is 2.12. The van der Waals surface area contributed by atoms with Gasteiger partial charge in [0.1, 0.15) is 23.4 Å². The summed E-state index contributed by atoms with van der Waals surface area (Å²) in [6.45, 7) is 1.95. The second kappa shape index (κ2) is 8.38. The highest BCUT2D eigenvalue weighted by Crippen LogP contribution is 2.44. The van der Waals surface area contributed by atoms with Gasteiger partial charge in [-0.3, -0.25) is 14.5 Å². The number of fused-ring (bicyclic) bond motifs is 1. The fraction of sp³-hybridized carbons (Fsp3) is 0.154. The van der Waals surface area contributed by atoms with Crippen molar-refractivity contribution in [2.75, 3.05) is 4.90 Å². The largest absolute Gasteiger partial charge is 0.507 e. The molecule has 8 heteroatoms. The molecule has 0 saturated carbocycles. The lowest BCUT2D eigenvalue weighted by atomic mass is 9.94. The Labute approximate surface area is 205 Å². The first-order valence-corrected chi connectivity index (χ1v) is 11.3. The maximum Gasteiger partial charge on any atom is 0.300 e. The zero-order chi connectivity index (χ0) is 24.1. The summed E-state index contributed by atoms with van der Waals surface area (Å²) in [6.07, 6.45) is 0.689. The number of hydrogen-bond acceptors (Lipinski definition) is 5. The molecule has 0 aliphatic carbocycles. The summed E-state index contributed by atoms with van der Waals surface area (Å²) >= 11 is 12.2. The Morgan fingerprint density at radius 1 is 1.03 bits per heavy atom. The SMILES string of the molecule is CC1Cc2cc(/C(O)=C3/C(=O)C(=O)N(c4ccc(Cl)cc4)C3c3ccc(O)c(Cl)c3)ccc2O1. The van der Waals surface area contributed by atoms with E-state index in [2.05, 4.69) is 0 Å². The molecule has 34 heavy (non-hydrogen) atoms. The number of phenols is 1. The van der Waals surface area contributed by atoms with Crippen molar-refractivity contribution in [2.24, 2.45) is 0 Å². The maximum absolute atomic E-state index is 13.2. The third kappa shape index (κ3) is 3.69. The monoisotopic (exact) mass is 495 g/mol. The molecule has 3 aromatic rings. The van der Waals surface area contributed by atoms with Crippen molar-refractivity contribution >= 4 is 46.3 Å². The number of nitrogens with zero attached hydrogens (tertiary/aromatic N) is 1. The molecule has 0 aromatic heterocycles. The fourth-order valence-corrected chi connectivity index (χ4v) is 4.75. The van der Waals surface area contributed by atoms with E-state index in [1.165, 1.54) is 17.0 Å². The molecule has 2 atom stereocenters. The van der Waals surface area contributed by atoms with Gasteiger partial charge in [0.2, 0.25) is 0 Å². The van der Waals surface area contributed by atoms with Crippen LogP contribution in [0.4, 0.5) is 5.69 Å². The predicted octanol–water partition coefficient (Wildman–Crippen LogP) is 5.65. The second-order valence-corrected chi connectivity index (χ2v) is 9.16. The van der Waals surface area contributed by atoms with Gasteiger partial charge in [0, 0.05) is 22.7 Å². The van der Waals surface area contributed by atoms with Gasteiger partial charge in [-0.15, -0.1) is 0 Å². The van der Waals surface area contributed by atoms with Crippen LogP contribution in [-0.4, -0.2) is 28.0 Å². The van der Waals surface area contributed by atoms with Crippen LogP contribution >= 0.6 is 23.2 Å². The highest BCUT2D eigenvalue weighted by atomic mass is 35.5. The number of carbonyl (C=O) groups excluding carboxylic acids is 2. The molecule has 0 radical (unpaired) electrons. The topological polar surface area (TPSA) is 87.1 Å². The summed E-state index contributed by atoms with van der Waals surface area (Å²) in [5.74, 6) is -1.33. The number of rotatable bonds is 3. The van der Waals surface area contributed by atoms with Gasteiger partial charge >= 0.3 is 0 Å². The minimum absolute atomic E-state index is 0.0158. The standard InChI is InChI=1S/C26H19Cl2NO5/c1-13-10-16-11-15(3-9-21(16)34-13)24(31)22-23(14-2-8-20(30)19(28)12-14)29(26(33)25(22)32)18-6-4-17(27)5-7-18/h2-9,11-13,23,30-31H,10H2,1H3/b24-22-. The third-order valence-corrected chi connectivity index (χ3v) is 6.56. The third-order valence-electron chi connectivity index (χ3n) is 6.01. The van der Waals surface area contributed by atoms with Gasteiger partial charge in [0.05, 0.1) is 16.6 Å². The average molecular weight is 496 g/mol. The number of Topliss-reactive ketones (excluding diaryl/α,β-unsaturated/α-hetero) is 1. The van der Waals surface area contributed by atoms with Crippen LogP contribution in [0.5, 0.6) is 11.5 Å². The lowest BCUT2D eigenvalue weighted by molar-refractivity contribution is -0.132. The number of halogens is 2. The van der Waals surface area contributed by atoms with Crippen LogP contribution < -0.4 is 9.64 Å². The van der Waals surface area contributed by atoms with Crippen LogP contribution in [0, 0.1) is 0 Å². The number of carbonyl (C=O) groups is 2. The average Bonchev–Trinajstić information content (AvgIpc) is 3.31. The number of aliphatic hydroxyl groups is 1. The quantitative estimate of drug-likeness (QED) is 0.278. The van der Waals surface area contributed by atoms with Gasteiger partial charge < -0.3 is 14.9 Å². The Morgan fingerprint density at radius 3 is 2.47 bits per heavy atom. The molecule has 5 rings (SSSR count). The Hall–Kier alpha value is -3.48.